The normalized spacial score (nSPS) is 30.5. The summed E-state index contributed by atoms with van der Waals surface area (Å²) in [6, 6.07) is 0. The van der Waals surface area contributed by atoms with Crippen LogP contribution in [0, 0.1) is 5.92 Å². The Balaban J connectivity index is 1.53. The first-order valence-corrected chi connectivity index (χ1v) is 9.17. The first kappa shape index (κ1) is 15.9. The first-order valence-electron chi connectivity index (χ1n) is 8.23. The molecule has 1 aromatic rings. The Morgan fingerprint density at radius 2 is 2.18 bits per heavy atom. The van der Waals surface area contributed by atoms with Crippen molar-refractivity contribution in [2.75, 3.05) is 26.2 Å². The highest BCUT2D eigenvalue weighted by Gasteiger charge is 2.40. The van der Waals surface area contributed by atoms with Gasteiger partial charge in [0.25, 0.3) is 0 Å². The number of carbonyl (C=O) groups is 1. The van der Waals surface area contributed by atoms with E-state index < -0.39 is 0 Å². The number of amides is 1. The summed E-state index contributed by atoms with van der Waals surface area (Å²) >= 11 is 1.64. The summed E-state index contributed by atoms with van der Waals surface area (Å²) in [6.45, 7) is 6.43. The van der Waals surface area contributed by atoms with Gasteiger partial charge in [0, 0.05) is 43.6 Å². The fourth-order valence-corrected chi connectivity index (χ4v) is 4.20. The zero-order valence-electron chi connectivity index (χ0n) is 13.3. The predicted octanol–water partition coefficient (Wildman–Crippen LogP) is 1.69. The Morgan fingerprint density at radius 1 is 1.41 bits per heavy atom. The fourth-order valence-electron chi connectivity index (χ4n) is 3.66. The number of rotatable bonds is 3. The molecule has 5 nitrogen and oxygen atoms in total. The summed E-state index contributed by atoms with van der Waals surface area (Å²) in [5.41, 5.74) is 9.06. The minimum atomic E-state index is -0.326. The third-order valence-corrected chi connectivity index (χ3v) is 5.74. The maximum Gasteiger partial charge on any atom is 0.227 e. The Morgan fingerprint density at radius 3 is 2.82 bits per heavy atom. The Kier molecular flexibility index (Phi) is 4.80. The molecule has 2 atom stereocenters. The fraction of sp³-hybridized carbons (Fsp3) is 0.750. The third-order valence-electron chi connectivity index (χ3n) is 5.11. The second-order valence-electron chi connectivity index (χ2n) is 6.89. The van der Waals surface area contributed by atoms with Crippen LogP contribution in [0.1, 0.15) is 38.3 Å². The Labute approximate surface area is 136 Å². The molecule has 1 saturated carbocycles. The van der Waals surface area contributed by atoms with E-state index in [4.69, 9.17) is 5.73 Å². The number of aromatic nitrogens is 1. The molecule has 22 heavy (non-hydrogen) atoms. The van der Waals surface area contributed by atoms with E-state index >= 15 is 0 Å². The molecule has 2 aliphatic rings. The van der Waals surface area contributed by atoms with Crippen LogP contribution in [-0.2, 0) is 11.3 Å². The number of nitrogens with two attached hydrogens (primary N) is 1. The van der Waals surface area contributed by atoms with Crippen molar-refractivity contribution in [2.24, 2.45) is 11.7 Å². The molecule has 2 N–H and O–H groups in total. The molecule has 0 bridgehead atoms. The van der Waals surface area contributed by atoms with Crippen molar-refractivity contribution in [2.45, 2.75) is 44.7 Å². The van der Waals surface area contributed by atoms with E-state index in [1.165, 1.54) is 0 Å². The zero-order valence-corrected chi connectivity index (χ0v) is 14.1. The maximum absolute atomic E-state index is 12.8. The first-order chi connectivity index (χ1) is 10.6. The van der Waals surface area contributed by atoms with Crippen LogP contribution in [0.4, 0.5) is 0 Å². The second kappa shape index (κ2) is 6.64. The Bertz CT molecular complexity index is 494. The van der Waals surface area contributed by atoms with Gasteiger partial charge in [-0.3, -0.25) is 9.69 Å². The van der Waals surface area contributed by atoms with Gasteiger partial charge >= 0.3 is 0 Å². The lowest BCUT2D eigenvalue weighted by Crippen LogP contribution is -2.57. The molecular weight excluding hydrogens is 296 g/mol. The van der Waals surface area contributed by atoms with E-state index in [1.807, 2.05) is 17.3 Å². The van der Waals surface area contributed by atoms with Gasteiger partial charge in [-0.05, 0) is 19.8 Å². The number of hydrogen-bond acceptors (Lipinski definition) is 5. The van der Waals surface area contributed by atoms with Crippen LogP contribution in [0.25, 0.3) is 0 Å². The van der Waals surface area contributed by atoms with Crippen molar-refractivity contribution in [3.05, 3.63) is 16.6 Å². The Hall–Kier alpha value is -0.980. The molecule has 1 aromatic heterocycles. The molecule has 1 aliphatic heterocycles. The summed E-state index contributed by atoms with van der Waals surface area (Å²) in [5.74, 6) is 0.282. The summed E-state index contributed by atoms with van der Waals surface area (Å²) in [6.07, 6.45) is 4.20. The molecule has 6 heteroatoms. The molecule has 0 spiro atoms. The average molecular weight is 322 g/mol. The van der Waals surface area contributed by atoms with Crippen molar-refractivity contribution < 1.29 is 4.79 Å². The second-order valence-corrected chi connectivity index (χ2v) is 7.60. The van der Waals surface area contributed by atoms with E-state index in [9.17, 15) is 4.79 Å². The van der Waals surface area contributed by atoms with Crippen LogP contribution in [0.2, 0.25) is 0 Å². The summed E-state index contributed by atoms with van der Waals surface area (Å²) in [4.78, 5) is 21.5. The largest absolute Gasteiger partial charge is 0.340 e. The van der Waals surface area contributed by atoms with Gasteiger partial charge in [0.15, 0.2) is 0 Å². The SMILES string of the molecule is CC1(N)CCCCC1C(=O)N1CCN(Cc2cscn2)CC1. The van der Waals surface area contributed by atoms with Gasteiger partial charge in [-0.25, -0.2) is 4.98 Å². The van der Waals surface area contributed by atoms with Crippen molar-refractivity contribution in [1.82, 2.24) is 14.8 Å². The van der Waals surface area contributed by atoms with Crippen molar-refractivity contribution in [3.63, 3.8) is 0 Å². The lowest BCUT2D eigenvalue weighted by Gasteiger charge is -2.42. The van der Waals surface area contributed by atoms with Gasteiger partial charge in [-0.1, -0.05) is 12.8 Å². The van der Waals surface area contributed by atoms with Crippen LogP contribution in [-0.4, -0.2) is 52.4 Å². The molecule has 0 radical (unpaired) electrons. The quantitative estimate of drug-likeness (QED) is 0.920. The third kappa shape index (κ3) is 3.50. The number of thiazole rings is 1. The van der Waals surface area contributed by atoms with E-state index in [0.29, 0.717) is 0 Å². The lowest BCUT2D eigenvalue weighted by molar-refractivity contribution is -0.140. The van der Waals surface area contributed by atoms with Crippen LogP contribution < -0.4 is 5.73 Å². The highest BCUT2D eigenvalue weighted by atomic mass is 32.1. The summed E-state index contributed by atoms with van der Waals surface area (Å²) in [5, 5.41) is 2.10. The van der Waals surface area contributed by atoms with E-state index in [2.05, 4.69) is 15.3 Å². The molecule has 1 aliphatic carbocycles. The van der Waals surface area contributed by atoms with Gasteiger partial charge in [0.05, 0.1) is 17.1 Å². The highest BCUT2D eigenvalue weighted by molar-refractivity contribution is 7.07. The van der Waals surface area contributed by atoms with Crippen molar-refractivity contribution in [3.8, 4) is 0 Å². The molecular formula is C16H26N4OS. The molecule has 1 amide bonds. The topological polar surface area (TPSA) is 62.5 Å². The summed E-state index contributed by atoms with van der Waals surface area (Å²) < 4.78 is 0. The molecule has 122 valence electrons. The minimum Gasteiger partial charge on any atom is -0.340 e. The maximum atomic E-state index is 12.8. The number of hydrogen-bond donors (Lipinski definition) is 1. The predicted molar refractivity (Wildman–Crippen MR) is 88.5 cm³/mol. The summed E-state index contributed by atoms with van der Waals surface area (Å²) in [7, 11) is 0. The van der Waals surface area contributed by atoms with Crippen molar-refractivity contribution in [1.29, 1.82) is 0 Å². The van der Waals surface area contributed by atoms with Crippen LogP contribution in [0.5, 0.6) is 0 Å². The monoisotopic (exact) mass is 322 g/mol. The van der Waals surface area contributed by atoms with Gasteiger partial charge in [0.1, 0.15) is 0 Å². The van der Waals surface area contributed by atoms with Crippen LogP contribution in [0.15, 0.2) is 10.9 Å². The number of carbonyl (C=O) groups excluding carboxylic acids is 1. The van der Waals surface area contributed by atoms with E-state index in [0.717, 1.165) is 64.1 Å². The zero-order chi connectivity index (χ0) is 15.6. The smallest absolute Gasteiger partial charge is 0.227 e. The van der Waals surface area contributed by atoms with Crippen LogP contribution in [0.3, 0.4) is 0 Å². The van der Waals surface area contributed by atoms with Crippen LogP contribution >= 0.6 is 11.3 Å². The van der Waals surface area contributed by atoms with Gasteiger partial charge in [0.2, 0.25) is 5.91 Å². The molecule has 3 rings (SSSR count). The molecule has 2 heterocycles. The van der Waals surface area contributed by atoms with Crippen molar-refractivity contribution >= 4 is 17.2 Å². The molecule has 2 fully saturated rings. The standard InChI is InChI=1S/C16H26N4OS/c1-16(17)5-3-2-4-14(16)15(21)20-8-6-19(7-9-20)10-13-11-22-12-18-13/h11-12,14H,2-10,17H2,1H3. The lowest BCUT2D eigenvalue weighted by atomic mass is 9.74. The average Bonchev–Trinajstić information content (AvgIpc) is 3.00. The highest BCUT2D eigenvalue weighted by Crippen LogP contribution is 2.33. The molecule has 0 aromatic carbocycles. The number of nitrogens with zero attached hydrogens (tertiary/aromatic N) is 3. The van der Waals surface area contributed by atoms with Gasteiger partial charge in [-0.15, -0.1) is 11.3 Å². The molecule has 1 saturated heterocycles. The number of piperazine rings is 1. The van der Waals surface area contributed by atoms with Gasteiger partial charge in [-0.2, -0.15) is 0 Å². The van der Waals surface area contributed by atoms with E-state index in [-0.39, 0.29) is 17.4 Å². The molecule has 2 unspecified atom stereocenters. The van der Waals surface area contributed by atoms with E-state index in [1.54, 1.807) is 11.3 Å². The van der Waals surface area contributed by atoms with Gasteiger partial charge < -0.3 is 10.6 Å². The minimum absolute atomic E-state index is 0.00587.